The van der Waals surface area contributed by atoms with Gasteiger partial charge in [0.1, 0.15) is 6.17 Å². The molecule has 13 heteroatoms. The molecule has 0 rings (SSSR count). The van der Waals surface area contributed by atoms with Gasteiger partial charge in [-0.05, 0) is 12.8 Å². The summed E-state index contributed by atoms with van der Waals surface area (Å²) in [5.41, 5.74) is -1.62. The third kappa shape index (κ3) is 8.15. The van der Waals surface area contributed by atoms with Crippen molar-refractivity contribution in [1.29, 1.82) is 0 Å². The molecule has 0 aliphatic rings. The number of hydrogen-bond acceptors (Lipinski definition) is 7. The van der Waals surface area contributed by atoms with Crippen LogP contribution in [0.1, 0.15) is 12.8 Å². The highest BCUT2D eigenvalue weighted by atomic mass is 16.4. The van der Waals surface area contributed by atoms with Crippen LogP contribution in [0.3, 0.4) is 0 Å². The van der Waals surface area contributed by atoms with E-state index in [0.29, 0.717) is 0 Å². The number of aliphatic hydroxyl groups is 3. The monoisotopic (exact) mass is 382 g/mol. The first kappa shape index (κ1) is 23.6. The van der Waals surface area contributed by atoms with E-state index in [1.165, 1.54) is 4.90 Å². The zero-order valence-electron chi connectivity index (χ0n) is 14.1. The molecule has 26 heavy (non-hydrogen) atoms. The molecule has 0 saturated carbocycles. The average Bonchev–Trinajstić information content (AvgIpc) is 2.51. The van der Waals surface area contributed by atoms with E-state index in [9.17, 15) is 29.7 Å². The lowest BCUT2D eigenvalue weighted by Crippen LogP contribution is -2.69. The van der Waals surface area contributed by atoms with Gasteiger partial charge in [0, 0.05) is 32.8 Å². The lowest BCUT2D eigenvalue weighted by molar-refractivity contribution is 0.0278. The van der Waals surface area contributed by atoms with Crippen molar-refractivity contribution in [2.45, 2.75) is 24.5 Å². The highest BCUT2D eigenvalue weighted by Crippen LogP contribution is 2.23. The highest BCUT2D eigenvalue weighted by molar-refractivity contribution is 5.67. The van der Waals surface area contributed by atoms with Crippen LogP contribution in [0, 0.1) is 0 Å². The molecule has 3 amide bonds. The van der Waals surface area contributed by atoms with Crippen molar-refractivity contribution in [2.75, 3.05) is 39.5 Å². The molecule has 13 nitrogen and oxygen atoms in total. The molecule has 1 unspecified atom stereocenters. The minimum Gasteiger partial charge on any atom is -0.465 e. The molecule has 0 spiro atoms. The van der Waals surface area contributed by atoms with Gasteiger partial charge in [-0.15, -0.1) is 0 Å². The van der Waals surface area contributed by atoms with E-state index in [0.717, 1.165) is 0 Å². The number of hydrogen-bond donors (Lipinski definition) is 9. The molecule has 0 radical (unpaired) electrons. The number of amides is 3. The summed E-state index contributed by atoms with van der Waals surface area (Å²) in [6.07, 6.45) is -6.08. The summed E-state index contributed by atoms with van der Waals surface area (Å²) >= 11 is 0. The van der Waals surface area contributed by atoms with Gasteiger partial charge in [0.25, 0.3) is 0 Å². The largest absolute Gasteiger partial charge is 0.465 e. The molecule has 0 aromatic heterocycles. The third-order valence-electron chi connectivity index (χ3n) is 3.68. The van der Waals surface area contributed by atoms with Gasteiger partial charge in [-0.3, -0.25) is 4.90 Å². The van der Waals surface area contributed by atoms with E-state index in [4.69, 9.17) is 15.3 Å². The van der Waals surface area contributed by atoms with Crippen molar-refractivity contribution in [3.05, 3.63) is 0 Å². The van der Waals surface area contributed by atoms with Gasteiger partial charge in [0.2, 0.25) is 0 Å². The van der Waals surface area contributed by atoms with Crippen LogP contribution >= 0.6 is 0 Å². The number of carboxylic acid groups (broad SMARTS) is 3. The second-order valence-electron chi connectivity index (χ2n) is 5.38. The second kappa shape index (κ2) is 12.1. The molecule has 0 heterocycles. The van der Waals surface area contributed by atoms with Gasteiger partial charge < -0.3 is 46.6 Å². The Morgan fingerprint density at radius 1 is 0.846 bits per heavy atom. The molecule has 152 valence electrons. The van der Waals surface area contributed by atoms with Gasteiger partial charge >= 0.3 is 18.3 Å². The summed E-state index contributed by atoms with van der Waals surface area (Å²) in [5.74, 6) is 0. The first-order chi connectivity index (χ1) is 12.2. The number of rotatable bonds is 13. The summed E-state index contributed by atoms with van der Waals surface area (Å²) in [5, 5.41) is 61.2. The third-order valence-corrected chi connectivity index (χ3v) is 3.68. The smallest absolute Gasteiger partial charge is 0.405 e. The Morgan fingerprint density at radius 3 is 1.81 bits per heavy atom. The predicted octanol–water partition coefficient (Wildman–Crippen LogP) is -2.09. The quantitative estimate of drug-likeness (QED) is 0.158. The molecule has 0 fully saturated rings. The normalized spacial score (nSPS) is 12.5. The first-order valence-electron chi connectivity index (χ1n) is 7.76. The Hall–Kier alpha value is -2.35. The van der Waals surface area contributed by atoms with Crippen molar-refractivity contribution in [3.63, 3.8) is 0 Å². The van der Waals surface area contributed by atoms with E-state index < -0.39 is 49.8 Å². The number of nitrogens with zero attached hydrogens (tertiary/aromatic N) is 1. The van der Waals surface area contributed by atoms with Crippen LogP contribution in [-0.4, -0.2) is 105 Å². The Labute approximate surface area is 149 Å². The lowest BCUT2D eigenvalue weighted by atomic mass is 9.86. The molecule has 0 saturated heterocycles. The van der Waals surface area contributed by atoms with Crippen LogP contribution in [-0.2, 0) is 0 Å². The zero-order valence-corrected chi connectivity index (χ0v) is 14.1. The van der Waals surface area contributed by atoms with Crippen molar-refractivity contribution < 1.29 is 45.0 Å². The van der Waals surface area contributed by atoms with E-state index in [1.54, 1.807) is 0 Å². The minimum absolute atomic E-state index is 0.0717. The van der Waals surface area contributed by atoms with E-state index >= 15 is 0 Å². The highest BCUT2D eigenvalue weighted by Gasteiger charge is 2.43. The zero-order chi connectivity index (χ0) is 20.2. The summed E-state index contributed by atoms with van der Waals surface area (Å²) < 4.78 is 0. The number of nitrogens with one attached hydrogen (secondary N) is 3. The van der Waals surface area contributed by atoms with Gasteiger partial charge in [-0.25, -0.2) is 14.4 Å². The average molecular weight is 382 g/mol. The van der Waals surface area contributed by atoms with Crippen LogP contribution < -0.4 is 16.0 Å². The second-order valence-corrected chi connectivity index (χ2v) is 5.38. The Balaban J connectivity index is 5.81. The van der Waals surface area contributed by atoms with E-state index in [2.05, 4.69) is 16.0 Å². The van der Waals surface area contributed by atoms with Crippen LogP contribution in [0.25, 0.3) is 0 Å². The SMILES string of the molecule is O=C(O)NCCN(CCO)C(NC(=O)O)C(CCO)(CCO)NC(=O)O. The van der Waals surface area contributed by atoms with Crippen molar-refractivity contribution >= 4 is 18.3 Å². The van der Waals surface area contributed by atoms with Gasteiger partial charge in [-0.2, -0.15) is 0 Å². The van der Waals surface area contributed by atoms with Crippen LogP contribution in [0.15, 0.2) is 0 Å². The molecule has 0 aliphatic carbocycles. The topological polar surface area (TPSA) is 212 Å². The summed E-state index contributed by atoms with van der Waals surface area (Å²) in [4.78, 5) is 34.4. The molecule has 0 aromatic rings. The number of aliphatic hydroxyl groups excluding tert-OH is 3. The van der Waals surface area contributed by atoms with Crippen LogP contribution in [0.5, 0.6) is 0 Å². The van der Waals surface area contributed by atoms with Crippen LogP contribution in [0.2, 0.25) is 0 Å². The fourth-order valence-electron chi connectivity index (χ4n) is 2.70. The van der Waals surface area contributed by atoms with Crippen molar-refractivity contribution in [2.24, 2.45) is 0 Å². The molecule has 1 atom stereocenters. The van der Waals surface area contributed by atoms with E-state index in [1.807, 2.05) is 0 Å². The molecule has 0 aromatic carbocycles. The van der Waals surface area contributed by atoms with Gasteiger partial charge in [0.15, 0.2) is 0 Å². The Kier molecular flexibility index (Phi) is 11.0. The molecule has 0 bridgehead atoms. The maximum Gasteiger partial charge on any atom is 0.405 e. The summed E-state index contributed by atoms with van der Waals surface area (Å²) in [6, 6.07) is 0. The summed E-state index contributed by atoms with van der Waals surface area (Å²) in [6.45, 7) is -1.78. The predicted molar refractivity (Wildman–Crippen MR) is 86.9 cm³/mol. The minimum atomic E-state index is -1.62. The van der Waals surface area contributed by atoms with Crippen molar-refractivity contribution in [3.8, 4) is 0 Å². The number of carbonyl (C=O) groups is 3. The first-order valence-corrected chi connectivity index (χ1v) is 7.76. The van der Waals surface area contributed by atoms with E-state index in [-0.39, 0.29) is 32.5 Å². The standard InChI is InChI=1S/C13H26N4O9/c18-6-1-13(2-7-19,16-12(25)26)9(15-11(23)24)17(5-8-20)4-3-14-10(21)22/h9,14-16,18-20H,1-8H2,(H,21,22)(H,23,24)(H,25,26). The fourth-order valence-corrected chi connectivity index (χ4v) is 2.70. The maximum absolute atomic E-state index is 11.2. The summed E-state index contributed by atoms with van der Waals surface area (Å²) in [7, 11) is 0. The Bertz CT molecular complexity index is 457. The fraction of sp³-hybridized carbons (Fsp3) is 0.769. The van der Waals surface area contributed by atoms with Crippen molar-refractivity contribution in [1.82, 2.24) is 20.9 Å². The van der Waals surface area contributed by atoms with Gasteiger partial charge in [0.05, 0.1) is 12.1 Å². The van der Waals surface area contributed by atoms with Crippen LogP contribution in [0.4, 0.5) is 14.4 Å². The molecular formula is C13H26N4O9. The Morgan fingerprint density at radius 2 is 1.42 bits per heavy atom. The van der Waals surface area contributed by atoms with Gasteiger partial charge in [-0.1, -0.05) is 0 Å². The lowest BCUT2D eigenvalue weighted by Gasteiger charge is -2.45. The molecular weight excluding hydrogens is 356 g/mol. The molecule has 9 N–H and O–H groups in total. The maximum atomic E-state index is 11.2. The molecule has 0 aliphatic heterocycles.